The maximum Gasteiger partial charge on any atom is 0.231 e. The Balaban J connectivity index is 1.78. The van der Waals surface area contributed by atoms with Crippen LogP contribution in [0.2, 0.25) is 5.02 Å². The first-order valence-corrected chi connectivity index (χ1v) is 7.06. The standard InChI is InChI=1S/C14H19ClN2O2/c1-9-6-17(10(2)5-16-9)7-11-3-12(15)14-13(4-11)18-8-19-14/h3-4,9-10,16H,5-8H2,1-2H3. The number of benzene rings is 1. The van der Waals surface area contributed by atoms with Gasteiger partial charge in [-0.05, 0) is 31.5 Å². The van der Waals surface area contributed by atoms with Crippen molar-refractivity contribution >= 4 is 11.6 Å². The van der Waals surface area contributed by atoms with E-state index in [1.807, 2.05) is 12.1 Å². The zero-order valence-electron chi connectivity index (χ0n) is 11.3. The van der Waals surface area contributed by atoms with E-state index in [0.29, 0.717) is 22.9 Å². The van der Waals surface area contributed by atoms with Crippen LogP contribution in [-0.4, -0.2) is 36.9 Å². The van der Waals surface area contributed by atoms with E-state index in [9.17, 15) is 0 Å². The first kappa shape index (κ1) is 13.0. The summed E-state index contributed by atoms with van der Waals surface area (Å²) in [5.74, 6) is 1.44. The van der Waals surface area contributed by atoms with E-state index >= 15 is 0 Å². The molecule has 0 aromatic heterocycles. The summed E-state index contributed by atoms with van der Waals surface area (Å²) in [5.41, 5.74) is 1.18. The third kappa shape index (κ3) is 2.66. The fourth-order valence-electron chi connectivity index (χ4n) is 2.66. The van der Waals surface area contributed by atoms with Gasteiger partial charge < -0.3 is 14.8 Å². The smallest absolute Gasteiger partial charge is 0.231 e. The molecule has 104 valence electrons. The minimum absolute atomic E-state index is 0.263. The number of piperazine rings is 1. The number of hydrogen-bond acceptors (Lipinski definition) is 4. The number of hydrogen-bond donors (Lipinski definition) is 1. The molecule has 0 amide bonds. The molecule has 5 heteroatoms. The zero-order chi connectivity index (χ0) is 13.4. The van der Waals surface area contributed by atoms with Gasteiger partial charge in [0.15, 0.2) is 11.5 Å². The number of fused-ring (bicyclic) bond motifs is 1. The Morgan fingerprint density at radius 3 is 3.05 bits per heavy atom. The average molecular weight is 283 g/mol. The number of nitrogens with one attached hydrogen (secondary N) is 1. The molecule has 2 atom stereocenters. The number of rotatable bonds is 2. The molecule has 2 unspecified atom stereocenters. The Morgan fingerprint density at radius 2 is 2.21 bits per heavy atom. The van der Waals surface area contributed by atoms with Crippen LogP contribution in [0.25, 0.3) is 0 Å². The fourth-order valence-corrected chi connectivity index (χ4v) is 2.95. The van der Waals surface area contributed by atoms with Crippen molar-refractivity contribution in [2.75, 3.05) is 19.9 Å². The van der Waals surface area contributed by atoms with E-state index in [1.54, 1.807) is 0 Å². The lowest BCUT2D eigenvalue weighted by molar-refractivity contribution is 0.138. The highest BCUT2D eigenvalue weighted by atomic mass is 35.5. The average Bonchev–Trinajstić information content (AvgIpc) is 2.82. The molecule has 3 rings (SSSR count). The van der Waals surface area contributed by atoms with E-state index in [-0.39, 0.29) is 6.79 Å². The molecule has 1 fully saturated rings. The SMILES string of the molecule is CC1CN(Cc2cc(Cl)c3c(c2)OCO3)C(C)CN1. The molecule has 2 aliphatic rings. The topological polar surface area (TPSA) is 33.7 Å². The molecule has 0 spiro atoms. The van der Waals surface area contributed by atoms with Gasteiger partial charge in [0.05, 0.1) is 5.02 Å². The summed E-state index contributed by atoms with van der Waals surface area (Å²) in [6.07, 6.45) is 0. The Labute approximate surface area is 118 Å². The molecule has 4 nitrogen and oxygen atoms in total. The third-order valence-electron chi connectivity index (χ3n) is 3.77. The Morgan fingerprint density at radius 1 is 1.37 bits per heavy atom. The predicted molar refractivity (Wildman–Crippen MR) is 74.9 cm³/mol. The van der Waals surface area contributed by atoms with Gasteiger partial charge in [0.2, 0.25) is 6.79 Å². The van der Waals surface area contributed by atoms with E-state index in [2.05, 4.69) is 24.1 Å². The molecule has 1 aromatic carbocycles. The highest BCUT2D eigenvalue weighted by Gasteiger charge is 2.24. The molecule has 0 saturated carbocycles. The normalized spacial score (nSPS) is 26.7. The molecule has 1 N–H and O–H groups in total. The zero-order valence-corrected chi connectivity index (χ0v) is 12.0. The Bertz CT molecular complexity index is 481. The number of halogens is 1. The molecule has 1 aromatic rings. The van der Waals surface area contributed by atoms with E-state index in [1.165, 1.54) is 5.56 Å². The van der Waals surface area contributed by atoms with Gasteiger partial charge in [-0.15, -0.1) is 0 Å². The van der Waals surface area contributed by atoms with Crippen molar-refractivity contribution in [2.45, 2.75) is 32.5 Å². The van der Waals surface area contributed by atoms with Crippen LogP contribution in [-0.2, 0) is 6.54 Å². The van der Waals surface area contributed by atoms with Gasteiger partial charge in [0.25, 0.3) is 0 Å². The molecule has 0 bridgehead atoms. The van der Waals surface area contributed by atoms with E-state index in [4.69, 9.17) is 21.1 Å². The summed E-state index contributed by atoms with van der Waals surface area (Å²) in [4.78, 5) is 2.47. The fraction of sp³-hybridized carbons (Fsp3) is 0.571. The van der Waals surface area contributed by atoms with Gasteiger partial charge >= 0.3 is 0 Å². The maximum absolute atomic E-state index is 6.22. The second-order valence-electron chi connectivity index (χ2n) is 5.40. The molecule has 0 aliphatic carbocycles. The van der Waals surface area contributed by atoms with Crippen LogP contribution in [0, 0.1) is 0 Å². The second kappa shape index (κ2) is 5.19. The lowest BCUT2D eigenvalue weighted by Gasteiger charge is -2.37. The quantitative estimate of drug-likeness (QED) is 0.902. The van der Waals surface area contributed by atoms with Crippen molar-refractivity contribution < 1.29 is 9.47 Å². The third-order valence-corrected chi connectivity index (χ3v) is 4.05. The molecule has 0 radical (unpaired) electrons. The van der Waals surface area contributed by atoms with Crippen LogP contribution in [0.1, 0.15) is 19.4 Å². The Hall–Kier alpha value is -0.970. The van der Waals surface area contributed by atoms with Gasteiger partial charge in [-0.3, -0.25) is 4.90 Å². The monoisotopic (exact) mass is 282 g/mol. The van der Waals surface area contributed by atoms with Crippen molar-refractivity contribution in [3.8, 4) is 11.5 Å². The summed E-state index contributed by atoms with van der Waals surface area (Å²) in [5, 5.41) is 4.13. The lowest BCUT2D eigenvalue weighted by atomic mass is 10.1. The van der Waals surface area contributed by atoms with E-state index in [0.717, 1.165) is 25.4 Å². The summed E-state index contributed by atoms with van der Waals surface area (Å²) in [6, 6.07) is 5.07. The van der Waals surface area contributed by atoms with Crippen LogP contribution in [0.3, 0.4) is 0 Å². The van der Waals surface area contributed by atoms with Crippen molar-refractivity contribution in [2.24, 2.45) is 0 Å². The summed E-state index contributed by atoms with van der Waals surface area (Å²) < 4.78 is 10.8. The first-order chi connectivity index (χ1) is 9.13. The van der Waals surface area contributed by atoms with Crippen LogP contribution in [0.15, 0.2) is 12.1 Å². The van der Waals surface area contributed by atoms with Crippen LogP contribution < -0.4 is 14.8 Å². The molecular weight excluding hydrogens is 264 g/mol. The second-order valence-corrected chi connectivity index (χ2v) is 5.81. The summed E-state index contributed by atoms with van der Waals surface area (Å²) in [7, 11) is 0. The minimum Gasteiger partial charge on any atom is -0.454 e. The molecule has 1 saturated heterocycles. The van der Waals surface area contributed by atoms with Crippen LogP contribution >= 0.6 is 11.6 Å². The highest BCUT2D eigenvalue weighted by molar-refractivity contribution is 6.32. The largest absolute Gasteiger partial charge is 0.454 e. The molecule has 2 aliphatic heterocycles. The van der Waals surface area contributed by atoms with Gasteiger partial charge in [-0.1, -0.05) is 11.6 Å². The number of ether oxygens (including phenoxy) is 2. The van der Waals surface area contributed by atoms with Crippen molar-refractivity contribution in [1.29, 1.82) is 0 Å². The molecule has 19 heavy (non-hydrogen) atoms. The van der Waals surface area contributed by atoms with Crippen molar-refractivity contribution in [1.82, 2.24) is 10.2 Å². The predicted octanol–water partition coefficient (Wildman–Crippen LogP) is 2.25. The molecule has 2 heterocycles. The highest BCUT2D eigenvalue weighted by Crippen LogP contribution is 2.40. The van der Waals surface area contributed by atoms with Crippen molar-refractivity contribution in [3.05, 3.63) is 22.7 Å². The van der Waals surface area contributed by atoms with E-state index < -0.39 is 0 Å². The van der Waals surface area contributed by atoms with Crippen molar-refractivity contribution in [3.63, 3.8) is 0 Å². The van der Waals surface area contributed by atoms with Crippen LogP contribution in [0.5, 0.6) is 11.5 Å². The number of nitrogens with zero attached hydrogens (tertiary/aromatic N) is 1. The minimum atomic E-state index is 0.263. The van der Waals surface area contributed by atoms with Gasteiger partial charge in [0, 0.05) is 31.7 Å². The van der Waals surface area contributed by atoms with Gasteiger partial charge in [-0.2, -0.15) is 0 Å². The lowest BCUT2D eigenvalue weighted by Crippen LogP contribution is -2.53. The summed E-state index contributed by atoms with van der Waals surface area (Å²) >= 11 is 6.22. The Kier molecular flexibility index (Phi) is 3.56. The van der Waals surface area contributed by atoms with Crippen LogP contribution in [0.4, 0.5) is 0 Å². The van der Waals surface area contributed by atoms with Gasteiger partial charge in [-0.25, -0.2) is 0 Å². The van der Waals surface area contributed by atoms with Gasteiger partial charge in [0.1, 0.15) is 0 Å². The molecular formula is C14H19ClN2O2. The summed E-state index contributed by atoms with van der Waals surface area (Å²) in [6.45, 7) is 7.69. The first-order valence-electron chi connectivity index (χ1n) is 6.69. The maximum atomic E-state index is 6.22.